The molecule has 0 saturated heterocycles. The molecule has 0 aliphatic rings. The van der Waals surface area contributed by atoms with Gasteiger partial charge in [0.05, 0.1) is 6.26 Å². The third-order valence-electron chi connectivity index (χ3n) is 4.45. The molecular formula is C23H23N3O4. The molecule has 154 valence electrons. The van der Waals surface area contributed by atoms with Crippen LogP contribution in [0.1, 0.15) is 57.6 Å². The van der Waals surface area contributed by atoms with Gasteiger partial charge in [0.15, 0.2) is 5.76 Å². The molecule has 7 heteroatoms. The van der Waals surface area contributed by atoms with Crippen LogP contribution in [0.5, 0.6) is 0 Å². The van der Waals surface area contributed by atoms with E-state index in [1.807, 2.05) is 12.1 Å². The number of hydrazine groups is 1. The number of hydrogen-bond donors (Lipinski definition) is 3. The van der Waals surface area contributed by atoms with Gasteiger partial charge in [-0.15, -0.1) is 0 Å². The van der Waals surface area contributed by atoms with Crippen LogP contribution in [0.3, 0.4) is 0 Å². The van der Waals surface area contributed by atoms with E-state index in [1.54, 1.807) is 36.4 Å². The summed E-state index contributed by atoms with van der Waals surface area (Å²) in [5, 5.41) is 2.66. The molecule has 0 aliphatic heterocycles. The second-order valence-electron chi connectivity index (χ2n) is 7.74. The highest BCUT2D eigenvalue weighted by molar-refractivity contribution is 6.03. The van der Waals surface area contributed by atoms with E-state index in [0.717, 1.165) is 5.56 Å². The summed E-state index contributed by atoms with van der Waals surface area (Å²) in [5.74, 6) is -1.08. The lowest BCUT2D eigenvalue weighted by Gasteiger charge is -2.19. The smallest absolute Gasteiger partial charge is 0.291 e. The number of nitrogens with one attached hydrogen (secondary N) is 3. The first-order valence-corrected chi connectivity index (χ1v) is 9.40. The molecule has 1 heterocycles. The van der Waals surface area contributed by atoms with Crippen LogP contribution in [0.2, 0.25) is 0 Å². The summed E-state index contributed by atoms with van der Waals surface area (Å²) >= 11 is 0. The van der Waals surface area contributed by atoms with Crippen molar-refractivity contribution in [1.82, 2.24) is 10.9 Å². The Morgan fingerprint density at radius 2 is 1.27 bits per heavy atom. The maximum atomic E-state index is 12.3. The number of carbonyl (C=O) groups is 3. The molecule has 3 amide bonds. The van der Waals surface area contributed by atoms with E-state index in [9.17, 15) is 14.4 Å². The summed E-state index contributed by atoms with van der Waals surface area (Å²) in [6.45, 7) is 6.28. The van der Waals surface area contributed by atoms with Crippen LogP contribution in [0.25, 0.3) is 0 Å². The van der Waals surface area contributed by atoms with E-state index in [-0.39, 0.29) is 17.1 Å². The van der Waals surface area contributed by atoms with Crippen LogP contribution in [0.15, 0.2) is 71.3 Å². The molecule has 3 rings (SSSR count). The topological polar surface area (TPSA) is 100 Å². The molecule has 30 heavy (non-hydrogen) atoms. The van der Waals surface area contributed by atoms with Crippen LogP contribution in [0, 0.1) is 0 Å². The van der Waals surface area contributed by atoms with Crippen LogP contribution in [-0.2, 0) is 5.41 Å². The van der Waals surface area contributed by atoms with Gasteiger partial charge in [-0.3, -0.25) is 25.2 Å². The van der Waals surface area contributed by atoms with E-state index in [1.165, 1.54) is 18.4 Å². The number of hydrogen-bond acceptors (Lipinski definition) is 4. The Balaban J connectivity index is 1.54. The SMILES string of the molecule is CC(C)(C)c1ccc(C(=O)NNC(=O)c2ccc(NC(=O)c3ccco3)cc2)cc1. The number of anilines is 1. The molecule has 3 aromatic rings. The molecule has 0 spiro atoms. The standard InChI is InChI=1S/C23H23N3O4/c1-23(2,3)17-10-6-15(7-11-17)20(27)25-26-21(28)16-8-12-18(13-9-16)24-22(29)19-5-4-14-30-19/h4-14H,1-3H3,(H,24,29)(H,25,27)(H,26,28). The van der Waals surface area contributed by atoms with E-state index in [4.69, 9.17) is 4.42 Å². The molecule has 0 aliphatic carbocycles. The van der Waals surface area contributed by atoms with Crippen molar-refractivity contribution in [3.8, 4) is 0 Å². The van der Waals surface area contributed by atoms with E-state index in [0.29, 0.717) is 16.8 Å². The van der Waals surface area contributed by atoms with Crippen molar-refractivity contribution in [3.05, 3.63) is 89.4 Å². The quantitative estimate of drug-likeness (QED) is 0.573. The maximum Gasteiger partial charge on any atom is 0.291 e. The fourth-order valence-electron chi connectivity index (χ4n) is 2.68. The zero-order chi connectivity index (χ0) is 21.7. The van der Waals surface area contributed by atoms with Crippen LogP contribution in [0.4, 0.5) is 5.69 Å². The first-order chi connectivity index (χ1) is 14.2. The minimum atomic E-state index is -0.474. The Bertz CT molecular complexity index is 1030. The van der Waals surface area contributed by atoms with Crippen LogP contribution >= 0.6 is 0 Å². The van der Waals surface area contributed by atoms with Gasteiger partial charge >= 0.3 is 0 Å². The number of carbonyl (C=O) groups excluding carboxylic acids is 3. The van der Waals surface area contributed by atoms with Gasteiger partial charge in [-0.05, 0) is 59.5 Å². The zero-order valence-corrected chi connectivity index (χ0v) is 17.0. The van der Waals surface area contributed by atoms with Crippen molar-refractivity contribution in [1.29, 1.82) is 0 Å². The Hall–Kier alpha value is -3.87. The molecule has 0 fully saturated rings. The molecule has 0 bridgehead atoms. The maximum absolute atomic E-state index is 12.3. The largest absolute Gasteiger partial charge is 0.459 e. The number of amides is 3. The van der Waals surface area contributed by atoms with E-state index in [2.05, 4.69) is 36.9 Å². The van der Waals surface area contributed by atoms with Crippen molar-refractivity contribution >= 4 is 23.4 Å². The summed E-state index contributed by atoms with van der Waals surface area (Å²) < 4.78 is 5.03. The first-order valence-electron chi connectivity index (χ1n) is 9.40. The number of rotatable bonds is 4. The van der Waals surface area contributed by atoms with Gasteiger partial charge in [0, 0.05) is 16.8 Å². The Morgan fingerprint density at radius 1 is 0.733 bits per heavy atom. The minimum Gasteiger partial charge on any atom is -0.459 e. The van der Waals surface area contributed by atoms with Gasteiger partial charge in [-0.25, -0.2) is 0 Å². The Labute approximate surface area is 174 Å². The summed E-state index contributed by atoms with van der Waals surface area (Å²) in [6.07, 6.45) is 1.41. The fraction of sp³-hybridized carbons (Fsp3) is 0.174. The lowest BCUT2D eigenvalue weighted by atomic mass is 9.87. The van der Waals surface area contributed by atoms with Gasteiger partial charge in [-0.2, -0.15) is 0 Å². The van der Waals surface area contributed by atoms with Crippen LogP contribution < -0.4 is 16.2 Å². The summed E-state index contributed by atoms with van der Waals surface area (Å²) in [5.41, 5.74) is 7.17. The zero-order valence-electron chi connectivity index (χ0n) is 17.0. The third kappa shape index (κ3) is 5.14. The van der Waals surface area contributed by atoms with Gasteiger partial charge in [-0.1, -0.05) is 32.9 Å². The predicted octanol–water partition coefficient (Wildman–Crippen LogP) is 3.90. The second kappa shape index (κ2) is 8.65. The predicted molar refractivity (Wildman–Crippen MR) is 113 cm³/mol. The molecule has 7 nitrogen and oxygen atoms in total. The molecule has 0 atom stereocenters. The molecular weight excluding hydrogens is 382 g/mol. The Kier molecular flexibility index (Phi) is 6.01. The molecule has 1 aromatic heterocycles. The number of benzene rings is 2. The van der Waals surface area contributed by atoms with Crippen molar-refractivity contribution in [3.63, 3.8) is 0 Å². The third-order valence-corrected chi connectivity index (χ3v) is 4.45. The second-order valence-corrected chi connectivity index (χ2v) is 7.74. The first kappa shape index (κ1) is 20.9. The minimum absolute atomic E-state index is 0.00713. The normalized spacial score (nSPS) is 10.9. The average molecular weight is 405 g/mol. The van der Waals surface area contributed by atoms with Crippen molar-refractivity contribution in [2.75, 3.05) is 5.32 Å². The highest BCUT2D eigenvalue weighted by Gasteiger charge is 2.15. The van der Waals surface area contributed by atoms with E-state index >= 15 is 0 Å². The molecule has 2 aromatic carbocycles. The average Bonchev–Trinajstić information content (AvgIpc) is 3.27. The van der Waals surface area contributed by atoms with Gasteiger partial charge in [0.1, 0.15) is 0 Å². The summed E-state index contributed by atoms with van der Waals surface area (Å²) in [7, 11) is 0. The molecule has 3 N–H and O–H groups in total. The van der Waals surface area contributed by atoms with Gasteiger partial charge < -0.3 is 9.73 Å². The van der Waals surface area contributed by atoms with Crippen LogP contribution in [-0.4, -0.2) is 17.7 Å². The lowest BCUT2D eigenvalue weighted by molar-refractivity contribution is 0.0846. The summed E-state index contributed by atoms with van der Waals surface area (Å²) in [6, 6.07) is 16.7. The highest BCUT2D eigenvalue weighted by atomic mass is 16.3. The number of furan rings is 1. The Morgan fingerprint density at radius 3 is 1.73 bits per heavy atom. The lowest BCUT2D eigenvalue weighted by Crippen LogP contribution is -2.41. The van der Waals surface area contributed by atoms with Crippen molar-refractivity contribution in [2.45, 2.75) is 26.2 Å². The summed E-state index contributed by atoms with van der Waals surface area (Å²) in [4.78, 5) is 36.5. The van der Waals surface area contributed by atoms with Gasteiger partial charge in [0.25, 0.3) is 17.7 Å². The molecule has 0 unspecified atom stereocenters. The van der Waals surface area contributed by atoms with Crippen molar-refractivity contribution < 1.29 is 18.8 Å². The molecule has 0 radical (unpaired) electrons. The molecule has 0 saturated carbocycles. The van der Waals surface area contributed by atoms with E-state index < -0.39 is 11.8 Å². The van der Waals surface area contributed by atoms with Gasteiger partial charge in [0.2, 0.25) is 0 Å². The van der Waals surface area contributed by atoms with Crippen molar-refractivity contribution in [2.24, 2.45) is 0 Å². The monoisotopic (exact) mass is 405 g/mol. The highest BCUT2D eigenvalue weighted by Crippen LogP contribution is 2.22. The fourth-order valence-corrected chi connectivity index (χ4v) is 2.68.